The molecule has 0 fully saturated rings. The zero-order valence-corrected chi connectivity index (χ0v) is 14.2. The minimum atomic E-state index is -0.182. The van der Waals surface area contributed by atoms with Crippen molar-refractivity contribution in [3.8, 4) is 5.75 Å². The second-order valence-electron chi connectivity index (χ2n) is 4.49. The summed E-state index contributed by atoms with van der Waals surface area (Å²) < 4.78 is 6.05. The van der Waals surface area contributed by atoms with Crippen molar-refractivity contribution in [2.45, 2.75) is 6.42 Å². The van der Waals surface area contributed by atoms with E-state index in [2.05, 4.69) is 26.5 Å². The summed E-state index contributed by atoms with van der Waals surface area (Å²) in [6.07, 6.45) is 1.80. The number of carbonyl (C=O) groups excluding carboxylic acids is 1. The zero-order chi connectivity index (χ0) is 15.9. The van der Waals surface area contributed by atoms with Gasteiger partial charge in [0.25, 0.3) is 0 Å². The van der Waals surface area contributed by atoms with Crippen LogP contribution in [0.5, 0.6) is 5.75 Å². The number of ether oxygens (including phenoxy) is 1. The van der Waals surface area contributed by atoms with Gasteiger partial charge in [0.15, 0.2) is 0 Å². The SMILES string of the molecule is COc1ccc(/C=N\NC(=O)Cc2ccc(Br)cc2)cc1Cl. The van der Waals surface area contributed by atoms with Crippen molar-refractivity contribution >= 4 is 39.7 Å². The molecule has 4 nitrogen and oxygen atoms in total. The van der Waals surface area contributed by atoms with Gasteiger partial charge in [-0.1, -0.05) is 39.7 Å². The first-order valence-electron chi connectivity index (χ1n) is 6.48. The molecule has 6 heteroatoms. The molecule has 0 saturated carbocycles. The fraction of sp³-hybridized carbons (Fsp3) is 0.125. The molecule has 0 saturated heterocycles. The van der Waals surface area contributed by atoms with Gasteiger partial charge in [0.1, 0.15) is 5.75 Å². The Morgan fingerprint density at radius 1 is 1.32 bits per heavy atom. The molecule has 0 bridgehead atoms. The quantitative estimate of drug-likeness (QED) is 0.632. The Morgan fingerprint density at radius 2 is 2.05 bits per heavy atom. The van der Waals surface area contributed by atoms with E-state index in [1.807, 2.05) is 24.3 Å². The van der Waals surface area contributed by atoms with Crippen LogP contribution in [0.2, 0.25) is 5.02 Å². The van der Waals surface area contributed by atoms with Crippen LogP contribution in [0.1, 0.15) is 11.1 Å². The second kappa shape index (κ2) is 7.96. The van der Waals surface area contributed by atoms with E-state index in [0.717, 1.165) is 15.6 Å². The molecule has 1 N–H and O–H groups in total. The number of hydrazone groups is 1. The number of halogens is 2. The molecule has 22 heavy (non-hydrogen) atoms. The average molecular weight is 382 g/mol. The smallest absolute Gasteiger partial charge is 0.244 e. The first-order valence-corrected chi connectivity index (χ1v) is 7.65. The van der Waals surface area contributed by atoms with Crippen molar-refractivity contribution in [3.63, 3.8) is 0 Å². The third kappa shape index (κ3) is 4.86. The highest BCUT2D eigenvalue weighted by Crippen LogP contribution is 2.24. The van der Waals surface area contributed by atoms with Gasteiger partial charge in [0.05, 0.1) is 24.8 Å². The number of benzene rings is 2. The van der Waals surface area contributed by atoms with Gasteiger partial charge in [-0.15, -0.1) is 0 Å². The lowest BCUT2D eigenvalue weighted by molar-refractivity contribution is -0.120. The summed E-state index contributed by atoms with van der Waals surface area (Å²) in [5, 5.41) is 4.41. The Hall–Kier alpha value is -1.85. The van der Waals surface area contributed by atoms with Crippen LogP contribution in [-0.2, 0) is 11.2 Å². The number of rotatable bonds is 5. The van der Waals surface area contributed by atoms with Gasteiger partial charge in [-0.3, -0.25) is 4.79 Å². The molecule has 0 heterocycles. The summed E-state index contributed by atoms with van der Waals surface area (Å²) in [7, 11) is 1.55. The van der Waals surface area contributed by atoms with Crippen molar-refractivity contribution in [1.29, 1.82) is 0 Å². The Kier molecular flexibility index (Phi) is 5.98. The van der Waals surface area contributed by atoms with Crippen LogP contribution in [0.3, 0.4) is 0 Å². The van der Waals surface area contributed by atoms with Crippen molar-refractivity contribution in [3.05, 3.63) is 63.1 Å². The number of hydrogen-bond donors (Lipinski definition) is 1. The van der Waals surface area contributed by atoms with E-state index in [1.54, 1.807) is 25.3 Å². The molecule has 0 aliphatic heterocycles. The van der Waals surface area contributed by atoms with E-state index in [4.69, 9.17) is 16.3 Å². The molecular weight excluding hydrogens is 368 g/mol. The molecule has 1 amide bonds. The van der Waals surface area contributed by atoms with Crippen LogP contribution in [0, 0.1) is 0 Å². The van der Waals surface area contributed by atoms with Crippen molar-refractivity contribution in [1.82, 2.24) is 5.43 Å². The second-order valence-corrected chi connectivity index (χ2v) is 5.81. The minimum Gasteiger partial charge on any atom is -0.495 e. The maximum absolute atomic E-state index is 11.8. The normalized spacial score (nSPS) is 10.7. The van der Waals surface area contributed by atoms with E-state index >= 15 is 0 Å². The summed E-state index contributed by atoms with van der Waals surface area (Å²) in [4.78, 5) is 11.8. The molecule has 0 aliphatic rings. The molecule has 0 spiro atoms. The summed E-state index contributed by atoms with van der Waals surface area (Å²) in [5.74, 6) is 0.413. The summed E-state index contributed by atoms with van der Waals surface area (Å²) in [6, 6.07) is 12.8. The van der Waals surface area contributed by atoms with Crippen LogP contribution in [0.25, 0.3) is 0 Å². The maximum Gasteiger partial charge on any atom is 0.244 e. The molecule has 0 atom stereocenters. The Morgan fingerprint density at radius 3 is 2.68 bits per heavy atom. The average Bonchev–Trinajstić information content (AvgIpc) is 2.50. The molecular formula is C16H14BrClN2O2. The number of methoxy groups -OCH3 is 1. The predicted molar refractivity (Wildman–Crippen MR) is 91.6 cm³/mol. The van der Waals surface area contributed by atoms with E-state index in [-0.39, 0.29) is 12.3 Å². The first kappa shape index (κ1) is 16.5. The van der Waals surface area contributed by atoms with Gasteiger partial charge >= 0.3 is 0 Å². The fourth-order valence-electron chi connectivity index (χ4n) is 1.77. The van der Waals surface area contributed by atoms with Crippen molar-refractivity contribution in [2.24, 2.45) is 5.10 Å². The highest BCUT2D eigenvalue weighted by Gasteiger charge is 2.02. The lowest BCUT2D eigenvalue weighted by Crippen LogP contribution is -2.19. The summed E-state index contributed by atoms with van der Waals surface area (Å²) in [6.45, 7) is 0. The van der Waals surface area contributed by atoms with Crippen molar-refractivity contribution in [2.75, 3.05) is 7.11 Å². The number of hydrogen-bond acceptors (Lipinski definition) is 3. The molecule has 0 radical (unpaired) electrons. The van der Waals surface area contributed by atoms with Crippen molar-refractivity contribution < 1.29 is 9.53 Å². The Balaban J connectivity index is 1.90. The number of carbonyl (C=O) groups is 1. The van der Waals surface area contributed by atoms with Crippen LogP contribution in [0.4, 0.5) is 0 Å². The highest BCUT2D eigenvalue weighted by molar-refractivity contribution is 9.10. The topological polar surface area (TPSA) is 50.7 Å². The monoisotopic (exact) mass is 380 g/mol. The van der Waals surface area contributed by atoms with Crippen LogP contribution in [-0.4, -0.2) is 19.2 Å². The fourth-order valence-corrected chi connectivity index (χ4v) is 2.30. The first-order chi connectivity index (χ1) is 10.6. The molecule has 0 aliphatic carbocycles. The summed E-state index contributed by atoms with van der Waals surface area (Å²) in [5.41, 5.74) is 4.18. The Bertz CT molecular complexity index is 687. The zero-order valence-electron chi connectivity index (χ0n) is 11.8. The van der Waals surface area contributed by atoms with E-state index in [1.165, 1.54) is 6.21 Å². The molecule has 0 aromatic heterocycles. The predicted octanol–water partition coefficient (Wildman–Crippen LogP) is 3.80. The van der Waals surface area contributed by atoms with E-state index in [9.17, 15) is 4.79 Å². The van der Waals surface area contributed by atoms with Gasteiger partial charge in [0.2, 0.25) is 5.91 Å². The van der Waals surface area contributed by atoms with Gasteiger partial charge in [-0.05, 0) is 41.5 Å². The van der Waals surface area contributed by atoms with Crippen LogP contribution in [0.15, 0.2) is 52.0 Å². The minimum absolute atomic E-state index is 0.182. The third-order valence-corrected chi connectivity index (χ3v) is 3.68. The molecule has 2 aromatic rings. The standard InChI is InChI=1S/C16H14BrClN2O2/c1-22-15-7-4-12(8-14(15)18)10-19-20-16(21)9-11-2-5-13(17)6-3-11/h2-8,10H,9H2,1H3,(H,20,21)/b19-10-. The van der Waals surface area contributed by atoms with Gasteiger partial charge < -0.3 is 4.74 Å². The lowest BCUT2D eigenvalue weighted by atomic mass is 10.1. The number of nitrogens with zero attached hydrogens (tertiary/aromatic N) is 1. The molecule has 2 rings (SSSR count). The highest BCUT2D eigenvalue weighted by atomic mass is 79.9. The van der Waals surface area contributed by atoms with E-state index < -0.39 is 0 Å². The lowest BCUT2D eigenvalue weighted by Gasteiger charge is -2.03. The number of nitrogens with one attached hydrogen (secondary N) is 1. The third-order valence-electron chi connectivity index (χ3n) is 2.86. The Labute approximate surface area is 142 Å². The van der Waals surface area contributed by atoms with Gasteiger partial charge in [-0.2, -0.15) is 5.10 Å². The molecule has 114 valence electrons. The largest absolute Gasteiger partial charge is 0.495 e. The van der Waals surface area contributed by atoms with Gasteiger partial charge in [0, 0.05) is 4.47 Å². The van der Waals surface area contributed by atoms with Crippen LogP contribution < -0.4 is 10.2 Å². The summed E-state index contributed by atoms with van der Waals surface area (Å²) >= 11 is 9.36. The van der Waals surface area contributed by atoms with Crippen LogP contribution >= 0.6 is 27.5 Å². The van der Waals surface area contributed by atoms with Gasteiger partial charge in [-0.25, -0.2) is 5.43 Å². The maximum atomic E-state index is 11.8. The molecule has 0 unspecified atom stereocenters. The molecule has 2 aromatic carbocycles. The van der Waals surface area contributed by atoms with E-state index in [0.29, 0.717) is 10.8 Å². The number of amides is 1.